The third-order valence-corrected chi connectivity index (χ3v) is 6.11. The standard InChI is InChI=1S/C23H21F3N4O2/c24-23(25,26)18-8-7-14(29-11-9-15(31)13-29)12-20(18)30-22(32)17-5-3-4-16(17)21(28-30)19-6-1-2-10-27-19/h1-2,6-8,10,12,15,31H,3-5,9,11,13H2/t15-/m0/s1. The molecular weight excluding hydrogens is 421 g/mol. The Balaban J connectivity index is 1.74. The van der Waals surface area contributed by atoms with E-state index in [1.165, 1.54) is 12.1 Å². The highest BCUT2D eigenvalue weighted by atomic mass is 19.4. The number of aliphatic hydroxyl groups is 1. The van der Waals surface area contributed by atoms with Gasteiger partial charge in [0.05, 0.1) is 23.0 Å². The van der Waals surface area contributed by atoms with Crippen LogP contribution in [0.4, 0.5) is 18.9 Å². The zero-order chi connectivity index (χ0) is 22.5. The Kier molecular flexibility index (Phi) is 5.00. The zero-order valence-corrected chi connectivity index (χ0v) is 17.1. The van der Waals surface area contributed by atoms with Crippen molar-refractivity contribution in [3.8, 4) is 17.1 Å². The van der Waals surface area contributed by atoms with E-state index >= 15 is 0 Å². The molecule has 0 spiro atoms. The average molecular weight is 442 g/mol. The van der Waals surface area contributed by atoms with Gasteiger partial charge in [-0.3, -0.25) is 9.78 Å². The van der Waals surface area contributed by atoms with E-state index in [1.54, 1.807) is 24.4 Å². The molecule has 3 heterocycles. The van der Waals surface area contributed by atoms with E-state index in [-0.39, 0.29) is 5.69 Å². The first-order valence-electron chi connectivity index (χ1n) is 10.5. The Hall–Kier alpha value is -3.20. The van der Waals surface area contributed by atoms with Crippen LogP contribution in [-0.2, 0) is 19.0 Å². The molecule has 1 aromatic carbocycles. The number of β-amino-alcohol motifs (C(OH)–C–C–N with tert-alkyl or cyclic N) is 1. The highest BCUT2D eigenvalue weighted by Gasteiger charge is 2.36. The van der Waals surface area contributed by atoms with Gasteiger partial charge in [-0.2, -0.15) is 23.0 Å². The van der Waals surface area contributed by atoms with Crippen LogP contribution in [0.1, 0.15) is 29.5 Å². The molecule has 1 atom stereocenters. The molecule has 0 unspecified atom stereocenters. The quantitative estimate of drug-likeness (QED) is 0.674. The summed E-state index contributed by atoms with van der Waals surface area (Å²) in [5.74, 6) is 0. The summed E-state index contributed by atoms with van der Waals surface area (Å²) in [6, 6.07) is 8.97. The van der Waals surface area contributed by atoms with Crippen molar-refractivity contribution in [2.24, 2.45) is 0 Å². The van der Waals surface area contributed by atoms with E-state index in [2.05, 4.69) is 10.1 Å². The second kappa shape index (κ2) is 7.74. The molecule has 1 aliphatic heterocycles. The van der Waals surface area contributed by atoms with Crippen molar-refractivity contribution in [1.29, 1.82) is 0 Å². The minimum absolute atomic E-state index is 0.312. The van der Waals surface area contributed by atoms with E-state index in [0.717, 1.165) is 22.7 Å². The molecule has 0 bridgehead atoms. The van der Waals surface area contributed by atoms with Crippen LogP contribution in [0.25, 0.3) is 17.1 Å². The Morgan fingerprint density at radius 2 is 1.91 bits per heavy atom. The topological polar surface area (TPSA) is 71.2 Å². The molecule has 2 aromatic heterocycles. The molecule has 2 aliphatic rings. The maximum absolute atomic E-state index is 13.9. The van der Waals surface area contributed by atoms with Gasteiger partial charge < -0.3 is 10.0 Å². The van der Waals surface area contributed by atoms with Gasteiger partial charge in [-0.05, 0) is 61.6 Å². The Bertz CT molecular complexity index is 1220. The average Bonchev–Trinajstić information content (AvgIpc) is 3.43. The molecule has 0 amide bonds. The SMILES string of the molecule is O=c1c2c(c(-c3ccccn3)nn1-c1cc(N3CC[C@H](O)C3)ccc1C(F)(F)F)CCC2. The Morgan fingerprint density at radius 3 is 2.59 bits per heavy atom. The van der Waals surface area contributed by atoms with Gasteiger partial charge in [-0.25, -0.2) is 0 Å². The predicted octanol–water partition coefficient (Wildman–Crippen LogP) is 3.37. The smallest absolute Gasteiger partial charge is 0.391 e. The van der Waals surface area contributed by atoms with E-state index in [9.17, 15) is 23.1 Å². The summed E-state index contributed by atoms with van der Waals surface area (Å²) in [4.78, 5) is 19.4. The van der Waals surface area contributed by atoms with Gasteiger partial charge in [0.25, 0.3) is 5.56 Å². The molecule has 0 saturated carbocycles. The lowest BCUT2D eigenvalue weighted by Crippen LogP contribution is -2.29. The van der Waals surface area contributed by atoms with E-state index in [4.69, 9.17) is 0 Å². The van der Waals surface area contributed by atoms with Crippen LogP contribution in [0, 0.1) is 0 Å². The fraction of sp³-hybridized carbons (Fsp3) is 0.348. The maximum Gasteiger partial charge on any atom is 0.418 e. The maximum atomic E-state index is 13.9. The van der Waals surface area contributed by atoms with Crippen LogP contribution < -0.4 is 10.5 Å². The summed E-state index contributed by atoms with van der Waals surface area (Å²) >= 11 is 0. The fourth-order valence-electron chi connectivity index (χ4n) is 4.55. The van der Waals surface area contributed by atoms with Gasteiger partial charge in [0.1, 0.15) is 5.69 Å². The molecule has 166 valence electrons. The molecule has 32 heavy (non-hydrogen) atoms. The minimum Gasteiger partial charge on any atom is -0.391 e. The van der Waals surface area contributed by atoms with Gasteiger partial charge >= 0.3 is 6.18 Å². The van der Waals surface area contributed by atoms with Gasteiger partial charge in [0.15, 0.2) is 0 Å². The molecule has 3 aromatic rings. The van der Waals surface area contributed by atoms with Crippen molar-refractivity contribution in [3.63, 3.8) is 0 Å². The zero-order valence-electron chi connectivity index (χ0n) is 17.1. The highest BCUT2D eigenvalue weighted by molar-refractivity contribution is 5.63. The van der Waals surface area contributed by atoms with Crippen molar-refractivity contribution in [1.82, 2.24) is 14.8 Å². The highest BCUT2D eigenvalue weighted by Crippen LogP contribution is 2.37. The molecule has 1 saturated heterocycles. The number of rotatable bonds is 3. The molecule has 6 nitrogen and oxygen atoms in total. The van der Waals surface area contributed by atoms with Gasteiger partial charge in [0.2, 0.25) is 0 Å². The number of aliphatic hydroxyl groups excluding tert-OH is 1. The lowest BCUT2D eigenvalue weighted by atomic mass is 10.1. The van der Waals surface area contributed by atoms with Crippen LogP contribution >= 0.6 is 0 Å². The van der Waals surface area contributed by atoms with Crippen LogP contribution in [0.2, 0.25) is 0 Å². The summed E-state index contributed by atoms with van der Waals surface area (Å²) in [6.45, 7) is 0.855. The summed E-state index contributed by atoms with van der Waals surface area (Å²) in [5.41, 5.74) is 0.959. The first kappa shape index (κ1) is 20.7. The lowest BCUT2D eigenvalue weighted by molar-refractivity contribution is -0.137. The van der Waals surface area contributed by atoms with Crippen molar-refractivity contribution >= 4 is 5.69 Å². The van der Waals surface area contributed by atoms with Crippen LogP contribution in [0.3, 0.4) is 0 Å². The first-order valence-corrected chi connectivity index (χ1v) is 10.5. The number of fused-ring (bicyclic) bond motifs is 1. The summed E-state index contributed by atoms with van der Waals surface area (Å²) in [5, 5.41) is 14.3. The van der Waals surface area contributed by atoms with E-state index < -0.39 is 23.4 Å². The third-order valence-electron chi connectivity index (χ3n) is 6.11. The number of nitrogens with zero attached hydrogens (tertiary/aromatic N) is 4. The van der Waals surface area contributed by atoms with E-state index in [0.29, 0.717) is 55.0 Å². The van der Waals surface area contributed by atoms with Gasteiger partial charge in [0, 0.05) is 30.5 Å². The Morgan fingerprint density at radius 1 is 1.09 bits per heavy atom. The second-order valence-electron chi connectivity index (χ2n) is 8.18. The molecule has 5 rings (SSSR count). The number of pyridine rings is 1. The van der Waals surface area contributed by atoms with Crippen molar-refractivity contribution in [2.75, 3.05) is 18.0 Å². The monoisotopic (exact) mass is 442 g/mol. The number of alkyl halides is 3. The van der Waals surface area contributed by atoms with Gasteiger partial charge in [-0.15, -0.1) is 0 Å². The van der Waals surface area contributed by atoms with Crippen LogP contribution in [0.5, 0.6) is 0 Å². The normalized spacial score (nSPS) is 18.2. The number of hydrogen-bond donors (Lipinski definition) is 1. The summed E-state index contributed by atoms with van der Waals surface area (Å²) < 4.78 is 42.7. The second-order valence-corrected chi connectivity index (χ2v) is 8.18. The first-order chi connectivity index (χ1) is 15.3. The van der Waals surface area contributed by atoms with Crippen LogP contribution in [0.15, 0.2) is 47.4 Å². The number of benzene rings is 1. The van der Waals surface area contributed by atoms with Crippen molar-refractivity contribution in [2.45, 2.75) is 38.0 Å². The third kappa shape index (κ3) is 3.56. The fourth-order valence-corrected chi connectivity index (χ4v) is 4.55. The predicted molar refractivity (Wildman–Crippen MR) is 113 cm³/mol. The molecule has 1 fully saturated rings. The van der Waals surface area contributed by atoms with Crippen molar-refractivity contribution in [3.05, 3.63) is 69.6 Å². The number of hydrogen-bond acceptors (Lipinski definition) is 5. The molecule has 0 radical (unpaired) electrons. The number of anilines is 1. The summed E-state index contributed by atoms with van der Waals surface area (Å²) in [7, 11) is 0. The van der Waals surface area contributed by atoms with E-state index in [1.807, 2.05) is 4.90 Å². The summed E-state index contributed by atoms with van der Waals surface area (Å²) in [6.07, 6.45) is -1.18. The van der Waals surface area contributed by atoms with Gasteiger partial charge in [-0.1, -0.05) is 6.07 Å². The number of aromatic nitrogens is 3. The molecular formula is C23H21F3N4O2. The largest absolute Gasteiger partial charge is 0.418 e. The lowest BCUT2D eigenvalue weighted by Gasteiger charge is -2.22. The number of halogens is 3. The Labute approximate surface area is 182 Å². The van der Waals surface area contributed by atoms with Crippen LogP contribution in [-0.4, -0.2) is 39.1 Å². The molecule has 1 N–H and O–H groups in total. The van der Waals surface area contributed by atoms with Crippen molar-refractivity contribution < 1.29 is 18.3 Å². The molecule has 1 aliphatic carbocycles. The minimum atomic E-state index is -4.66. The molecule has 9 heteroatoms.